The van der Waals surface area contributed by atoms with Gasteiger partial charge in [0.1, 0.15) is 18.0 Å². The zero-order chi connectivity index (χ0) is 13.9. The molecule has 0 saturated heterocycles. The van der Waals surface area contributed by atoms with Crippen LogP contribution in [0.25, 0.3) is 0 Å². The maximum atomic E-state index is 5.54. The number of hydrogen-bond acceptors (Lipinski definition) is 5. The number of nitrogens with zero attached hydrogens (tertiary/aromatic N) is 3. The highest BCUT2D eigenvalue weighted by Gasteiger charge is 2.26. The summed E-state index contributed by atoms with van der Waals surface area (Å²) in [5, 5.41) is 0. The van der Waals surface area contributed by atoms with Crippen LogP contribution in [0.15, 0.2) is 6.33 Å². The smallest absolute Gasteiger partial charge is 0.148 e. The van der Waals surface area contributed by atoms with Crippen molar-refractivity contribution in [3.63, 3.8) is 0 Å². The average molecular weight is 251 g/mol. The van der Waals surface area contributed by atoms with Crippen molar-refractivity contribution in [3.05, 3.63) is 11.9 Å². The Labute approximate surface area is 110 Å². The number of nitrogens with one attached hydrogen (secondary N) is 1. The van der Waals surface area contributed by atoms with Crippen molar-refractivity contribution in [1.82, 2.24) is 9.97 Å². The molecule has 0 amide bonds. The SMILES string of the molecule is CCC(C)(C)N(C)c1ncnc(NN)c1C(C)C. The normalized spacial score (nSPS) is 11.8. The van der Waals surface area contributed by atoms with E-state index in [2.05, 4.69) is 62.0 Å². The largest absolute Gasteiger partial charge is 0.354 e. The first-order valence-corrected chi connectivity index (χ1v) is 6.40. The van der Waals surface area contributed by atoms with Crippen LogP contribution in [0.3, 0.4) is 0 Å². The summed E-state index contributed by atoms with van der Waals surface area (Å²) in [6.45, 7) is 10.8. The Bertz CT molecular complexity index is 400. The summed E-state index contributed by atoms with van der Waals surface area (Å²) >= 11 is 0. The minimum Gasteiger partial charge on any atom is -0.354 e. The summed E-state index contributed by atoms with van der Waals surface area (Å²) < 4.78 is 0. The van der Waals surface area contributed by atoms with Crippen LogP contribution in [0.5, 0.6) is 0 Å². The summed E-state index contributed by atoms with van der Waals surface area (Å²) in [4.78, 5) is 10.8. The van der Waals surface area contributed by atoms with Gasteiger partial charge >= 0.3 is 0 Å². The molecule has 5 heteroatoms. The van der Waals surface area contributed by atoms with Crippen LogP contribution < -0.4 is 16.2 Å². The Balaban J connectivity index is 3.32. The molecule has 0 atom stereocenters. The van der Waals surface area contributed by atoms with Crippen LogP contribution >= 0.6 is 0 Å². The molecule has 5 nitrogen and oxygen atoms in total. The Morgan fingerprint density at radius 2 is 2.00 bits per heavy atom. The summed E-state index contributed by atoms with van der Waals surface area (Å²) in [5.41, 5.74) is 3.77. The van der Waals surface area contributed by atoms with Gasteiger partial charge in [0.25, 0.3) is 0 Å². The monoisotopic (exact) mass is 251 g/mol. The molecule has 1 aromatic rings. The fraction of sp³-hybridized carbons (Fsp3) is 0.692. The average Bonchev–Trinajstić information content (AvgIpc) is 2.36. The lowest BCUT2D eigenvalue weighted by molar-refractivity contribution is 0.465. The van der Waals surface area contributed by atoms with Crippen molar-refractivity contribution >= 4 is 11.6 Å². The van der Waals surface area contributed by atoms with E-state index in [9.17, 15) is 0 Å². The number of anilines is 2. The first-order chi connectivity index (χ1) is 8.35. The third kappa shape index (κ3) is 2.72. The highest BCUT2D eigenvalue weighted by molar-refractivity contribution is 5.60. The van der Waals surface area contributed by atoms with Gasteiger partial charge in [0.15, 0.2) is 0 Å². The Morgan fingerprint density at radius 3 is 2.44 bits per heavy atom. The molecular formula is C13H25N5. The van der Waals surface area contributed by atoms with Gasteiger partial charge in [0.05, 0.1) is 0 Å². The molecule has 0 fully saturated rings. The lowest BCUT2D eigenvalue weighted by Gasteiger charge is -2.37. The fourth-order valence-electron chi connectivity index (χ4n) is 1.82. The van der Waals surface area contributed by atoms with E-state index in [1.165, 1.54) is 0 Å². The molecule has 1 rings (SSSR count). The molecular weight excluding hydrogens is 226 g/mol. The van der Waals surface area contributed by atoms with Gasteiger partial charge in [-0.05, 0) is 26.2 Å². The topological polar surface area (TPSA) is 67.1 Å². The van der Waals surface area contributed by atoms with E-state index >= 15 is 0 Å². The molecule has 0 aromatic carbocycles. The van der Waals surface area contributed by atoms with E-state index in [1.54, 1.807) is 6.33 Å². The zero-order valence-corrected chi connectivity index (χ0v) is 12.3. The molecule has 1 aromatic heterocycles. The molecule has 3 N–H and O–H groups in total. The van der Waals surface area contributed by atoms with Crippen LogP contribution in [0.4, 0.5) is 11.6 Å². The third-order valence-electron chi connectivity index (χ3n) is 3.67. The minimum absolute atomic E-state index is 0.0455. The second-order valence-corrected chi connectivity index (χ2v) is 5.48. The van der Waals surface area contributed by atoms with Gasteiger partial charge < -0.3 is 10.3 Å². The first-order valence-electron chi connectivity index (χ1n) is 6.40. The minimum atomic E-state index is 0.0455. The number of rotatable bonds is 5. The Morgan fingerprint density at radius 1 is 1.39 bits per heavy atom. The van der Waals surface area contributed by atoms with Gasteiger partial charge in [-0.3, -0.25) is 0 Å². The number of nitrogens with two attached hydrogens (primary N) is 1. The standard InChI is InChI=1S/C13H25N5/c1-7-13(4,5)18(6)12-10(9(2)3)11(17-14)15-8-16-12/h8-9H,7,14H2,1-6H3,(H,15,16,17). The molecule has 18 heavy (non-hydrogen) atoms. The van der Waals surface area contributed by atoms with Gasteiger partial charge in [-0.15, -0.1) is 0 Å². The van der Waals surface area contributed by atoms with Crippen LogP contribution in [0.2, 0.25) is 0 Å². The Hall–Kier alpha value is -1.36. The number of hydrogen-bond donors (Lipinski definition) is 2. The summed E-state index contributed by atoms with van der Waals surface area (Å²) in [6.07, 6.45) is 2.59. The molecule has 0 aliphatic carbocycles. The molecule has 1 heterocycles. The molecule has 0 aliphatic rings. The first kappa shape index (κ1) is 14.7. The van der Waals surface area contributed by atoms with E-state index < -0.39 is 0 Å². The summed E-state index contributed by atoms with van der Waals surface area (Å²) in [6, 6.07) is 0. The van der Waals surface area contributed by atoms with Gasteiger partial charge in [0.2, 0.25) is 0 Å². The van der Waals surface area contributed by atoms with Crippen molar-refractivity contribution in [2.45, 2.75) is 52.5 Å². The van der Waals surface area contributed by atoms with Crippen LogP contribution in [-0.4, -0.2) is 22.6 Å². The number of aromatic nitrogens is 2. The summed E-state index contributed by atoms with van der Waals surface area (Å²) in [7, 11) is 2.07. The van der Waals surface area contributed by atoms with Gasteiger partial charge in [-0.1, -0.05) is 20.8 Å². The molecule has 0 unspecified atom stereocenters. The predicted molar refractivity (Wildman–Crippen MR) is 76.7 cm³/mol. The van der Waals surface area contributed by atoms with Gasteiger partial charge in [0, 0.05) is 18.2 Å². The second-order valence-electron chi connectivity index (χ2n) is 5.48. The molecule has 0 aliphatic heterocycles. The van der Waals surface area contributed by atoms with Crippen LogP contribution in [-0.2, 0) is 0 Å². The highest BCUT2D eigenvalue weighted by atomic mass is 15.3. The Kier molecular flexibility index (Phi) is 4.51. The van der Waals surface area contributed by atoms with E-state index in [-0.39, 0.29) is 5.54 Å². The fourth-order valence-corrected chi connectivity index (χ4v) is 1.82. The van der Waals surface area contributed by atoms with E-state index in [0.717, 1.165) is 17.8 Å². The lowest BCUT2D eigenvalue weighted by atomic mass is 9.97. The molecule has 0 bridgehead atoms. The van der Waals surface area contributed by atoms with Crippen molar-refractivity contribution in [2.24, 2.45) is 5.84 Å². The number of nitrogen functional groups attached to an aromatic ring is 1. The molecule has 0 spiro atoms. The van der Waals surface area contributed by atoms with E-state index in [0.29, 0.717) is 11.7 Å². The lowest BCUT2D eigenvalue weighted by Crippen LogP contribution is -2.41. The van der Waals surface area contributed by atoms with Crippen molar-refractivity contribution in [1.29, 1.82) is 0 Å². The molecule has 0 saturated carbocycles. The highest BCUT2D eigenvalue weighted by Crippen LogP contribution is 2.33. The van der Waals surface area contributed by atoms with Crippen molar-refractivity contribution in [2.75, 3.05) is 17.4 Å². The number of hydrazine groups is 1. The van der Waals surface area contributed by atoms with Gasteiger partial charge in [-0.2, -0.15) is 0 Å². The van der Waals surface area contributed by atoms with Crippen molar-refractivity contribution in [3.8, 4) is 0 Å². The van der Waals surface area contributed by atoms with E-state index in [1.807, 2.05) is 0 Å². The quantitative estimate of drug-likeness (QED) is 0.621. The maximum Gasteiger partial charge on any atom is 0.148 e. The molecule has 102 valence electrons. The van der Waals surface area contributed by atoms with Crippen LogP contribution in [0.1, 0.15) is 52.5 Å². The summed E-state index contributed by atoms with van der Waals surface area (Å²) in [5.74, 6) is 7.49. The zero-order valence-electron chi connectivity index (χ0n) is 12.3. The third-order valence-corrected chi connectivity index (χ3v) is 3.67. The van der Waals surface area contributed by atoms with E-state index in [4.69, 9.17) is 5.84 Å². The predicted octanol–water partition coefficient (Wildman–Crippen LogP) is 2.51. The van der Waals surface area contributed by atoms with Crippen molar-refractivity contribution < 1.29 is 0 Å². The second kappa shape index (κ2) is 5.52. The molecule has 0 radical (unpaired) electrons. The van der Waals surface area contributed by atoms with Gasteiger partial charge in [-0.25, -0.2) is 15.8 Å². The maximum absolute atomic E-state index is 5.54. The van der Waals surface area contributed by atoms with Crippen LogP contribution in [0, 0.1) is 0 Å².